The lowest BCUT2D eigenvalue weighted by Crippen LogP contribution is -2.29. The van der Waals surface area contributed by atoms with Crippen molar-refractivity contribution in [3.8, 4) is 6.07 Å². The van der Waals surface area contributed by atoms with Gasteiger partial charge in [-0.2, -0.15) is 5.26 Å². The zero-order chi connectivity index (χ0) is 19.2. The van der Waals surface area contributed by atoms with E-state index in [0.717, 1.165) is 30.5 Å². The molecule has 2 N–H and O–H groups in total. The number of anilines is 1. The lowest BCUT2D eigenvalue weighted by atomic mass is 9.88. The summed E-state index contributed by atoms with van der Waals surface area (Å²) in [4.78, 5) is 16.8. The van der Waals surface area contributed by atoms with Crippen LogP contribution in [0.2, 0.25) is 0 Å². The summed E-state index contributed by atoms with van der Waals surface area (Å²) in [5.41, 5.74) is 4.86. The summed E-state index contributed by atoms with van der Waals surface area (Å²) in [7, 11) is 0. The van der Waals surface area contributed by atoms with Crippen LogP contribution in [0.3, 0.4) is 0 Å². The summed E-state index contributed by atoms with van der Waals surface area (Å²) in [5, 5.41) is 17.9. The molecule has 140 valence electrons. The van der Waals surface area contributed by atoms with Gasteiger partial charge < -0.3 is 10.6 Å². The molecule has 1 aliphatic carbocycles. The van der Waals surface area contributed by atoms with Crippen molar-refractivity contribution in [3.63, 3.8) is 0 Å². The number of aromatic nitrogens is 1. The van der Waals surface area contributed by atoms with Gasteiger partial charge in [-0.05, 0) is 55.7 Å². The van der Waals surface area contributed by atoms with E-state index >= 15 is 0 Å². The molecule has 1 amide bonds. The number of amides is 1. The summed E-state index contributed by atoms with van der Waals surface area (Å²) in [6.07, 6.45) is 6.91. The van der Waals surface area contributed by atoms with E-state index in [1.54, 1.807) is 0 Å². The first-order chi connectivity index (χ1) is 13.1. The minimum Gasteiger partial charge on any atom is -0.345 e. The fourth-order valence-corrected chi connectivity index (χ4v) is 3.99. The van der Waals surface area contributed by atoms with Crippen molar-refractivity contribution in [3.05, 3.63) is 57.7 Å². The van der Waals surface area contributed by atoms with Crippen LogP contribution in [0.5, 0.6) is 0 Å². The second kappa shape index (κ2) is 8.83. The van der Waals surface area contributed by atoms with Crippen molar-refractivity contribution in [2.24, 2.45) is 0 Å². The number of carbonyl (C=O) groups excluding carboxylic acids is 1. The number of nitrogens with one attached hydrogen (secondary N) is 2. The number of thiazole rings is 1. The number of hydrogen-bond acceptors (Lipinski definition) is 5. The molecule has 1 unspecified atom stereocenters. The standard InChI is InChI=1S/C21H24N4OS/c1-3-19(17-9-8-15-6-4-5-7-16(15)10-17)25-20(26)18(11-22)12-23-21-24-14(2)13-27-21/h8-10,12-13,19H,3-7H2,1-2H3,(H,23,24)(H,25,26)/b18-12-. The number of nitrogens with zero attached hydrogens (tertiary/aromatic N) is 2. The van der Waals surface area contributed by atoms with E-state index in [0.29, 0.717) is 5.13 Å². The molecule has 0 saturated carbocycles. The van der Waals surface area contributed by atoms with Crippen molar-refractivity contribution in [1.82, 2.24) is 10.3 Å². The van der Waals surface area contributed by atoms with Gasteiger partial charge in [0, 0.05) is 11.6 Å². The van der Waals surface area contributed by atoms with Gasteiger partial charge in [-0.1, -0.05) is 25.1 Å². The van der Waals surface area contributed by atoms with E-state index in [-0.39, 0.29) is 17.5 Å². The first-order valence-electron chi connectivity index (χ1n) is 9.32. The van der Waals surface area contributed by atoms with Gasteiger partial charge in [0.15, 0.2) is 5.13 Å². The predicted octanol–water partition coefficient (Wildman–Crippen LogP) is 4.42. The second-order valence-corrected chi connectivity index (χ2v) is 7.64. The van der Waals surface area contributed by atoms with Gasteiger partial charge in [0.2, 0.25) is 0 Å². The predicted molar refractivity (Wildman–Crippen MR) is 108 cm³/mol. The Balaban J connectivity index is 1.71. The Morgan fingerprint density at radius 2 is 2.15 bits per heavy atom. The number of nitriles is 1. The molecule has 0 bridgehead atoms. The summed E-state index contributed by atoms with van der Waals surface area (Å²) >= 11 is 1.43. The Labute approximate surface area is 164 Å². The maximum atomic E-state index is 12.6. The van der Waals surface area contributed by atoms with Gasteiger partial charge >= 0.3 is 0 Å². The van der Waals surface area contributed by atoms with Gasteiger partial charge in [-0.25, -0.2) is 4.98 Å². The van der Waals surface area contributed by atoms with Gasteiger partial charge in [0.05, 0.1) is 11.7 Å². The van der Waals surface area contributed by atoms with Gasteiger partial charge in [-0.3, -0.25) is 4.79 Å². The third-order valence-corrected chi connectivity index (χ3v) is 5.70. The Morgan fingerprint density at radius 1 is 1.37 bits per heavy atom. The van der Waals surface area contributed by atoms with Crippen molar-refractivity contribution >= 4 is 22.4 Å². The molecule has 0 fully saturated rings. The van der Waals surface area contributed by atoms with Gasteiger partial charge in [0.25, 0.3) is 5.91 Å². The molecule has 1 aromatic heterocycles. The molecular weight excluding hydrogens is 356 g/mol. The highest BCUT2D eigenvalue weighted by Gasteiger charge is 2.18. The molecular formula is C21H24N4OS. The maximum absolute atomic E-state index is 12.6. The first-order valence-corrected chi connectivity index (χ1v) is 10.2. The van der Waals surface area contributed by atoms with E-state index in [4.69, 9.17) is 0 Å². The highest BCUT2D eigenvalue weighted by molar-refractivity contribution is 7.13. The molecule has 6 heteroatoms. The Morgan fingerprint density at radius 3 is 2.81 bits per heavy atom. The smallest absolute Gasteiger partial charge is 0.263 e. The molecule has 2 aromatic rings. The molecule has 27 heavy (non-hydrogen) atoms. The highest BCUT2D eigenvalue weighted by Crippen LogP contribution is 2.26. The number of benzene rings is 1. The van der Waals surface area contributed by atoms with Crippen LogP contribution in [0.25, 0.3) is 0 Å². The SMILES string of the molecule is CCC(NC(=O)/C(C#N)=C\Nc1nc(C)cs1)c1ccc2c(c1)CCCC2. The van der Waals surface area contributed by atoms with Crippen molar-refractivity contribution in [2.75, 3.05) is 5.32 Å². The van der Waals surface area contributed by atoms with Crippen LogP contribution in [-0.4, -0.2) is 10.9 Å². The molecule has 0 aliphatic heterocycles. The Hall–Kier alpha value is -2.65. The summed E-state index contributed by atoms with van der Waals surface area (Å²) in [5.74, 6) is -0.372. The van der Waals surface area contributed by atoms with Crippen molar-refractivity contribution in [2.45, 2.75) is 52.0 Å². The summed E-state index contributed by atoms with van der Waals surface area (Å²) in [6, 6.07) is 8.37. The van der Waals surface area contributed by atoms with Crippen LogP contribution < -0.4 is 10.6 Å². The van der Waals surface area contributed by atoms with E-state index in [9.17, 15) is 10.1 Å². The molecule has 1 heterocycles. The Bertz CT molecular complexity index is 894. The van der Waals surface area contributed by atoms with Crippen LogP contribution in [0.15, 0.2) is 35.4 Å². The minimum atomic E-state index is -0.372. The fourth-order valence-electron chi connectivity index (χ4n) is 3.33. The van der Waals surface area contributed by atoms with Gasteiger partial charge in [0.1, 0.15) is 11.6 Å². The quantitative estimate of drug-likeness (QED) is 0.574. The summed E-state index contributed by atoms with van der Waals surface area (Å²) in [6.45, 7) is 3.94. The van der Waals surface area contributed by atoms with E-state index in [1.165, 1.54) is 41.5 Å². The number of fused-ring (bicyclic) bond motifs is 1. The van der Waals surface area contributed by atoms with Crippen LogP contribution in [0, 0.1) is 18.3 Å². The molecule has 1 atom stereocenters. The third kappa shape index (κ3) is 4.75. The third-order valence-electron chi connectivity index (χ3n) is 4.81. The summed E-state index contributed by atoms with van der Waals surface area (Å²) < 4.78 is 0. The maximum Gasteiger partial charge on any atom is 0.263 e. The zero-order valence-electron chi connectivity index (χ0n) is 15.7. The molecule has 1 aliphatic rings. The lowest BCUT2D eigenvalue weighted by Gasteiger charge is -2.21. The van der Waals surface area contributed by atoms with E-state index in [2.05, 4.69) is 33.8 Å². The zero-order valence-corrected chi connectivity index (χ0v) is 16.5. The van der Waals surface area contributed by atoms with Crippen LogP contribution >= 0.6 is 11.3 Å². The van der Waals surface area contributed by atoms with Crippen LogP contribution in [0.4, 0.5) is 5.13 Å². The molecule has 5 nitrogen and oxygen atoms in total. The molecule has 3 rings (SSSR count). The number of hydrogen-bond donors (Lipinski definition) is 2. The second-order valence-electron chi connectivity index (χ2n) is 6.78. The van der Waals surface area contributed by atoms with E-state index < -0.39 is 0 Å². The average molecular weight is 381 g/mol. The van der Waals surface area contributed by atoms with Crippen LogP contribution in [0.1, 0.15) is 54.6 Å². The minimum absolute atomic E-state index is 0.0410. The van der Waals surface area contributed by atoms with Crippen LogP contribution in [-0.2, 0) is 17.6 Å². The lowest BCUT2D eigenvalue weighted by molar-refractivity contribution is -0.117. The topological polar surface area (TPSA) is 77.8 Å². The Kier molecular flexibility index (Phi) is 6.25. The van der Waals surface area contributed by atoms with Gasteiger partial charge in [-0.15, -0.1) is 11.3 Å². The van der Waals surface area contributed by atoms with E-state index in [1.807, 2.05) is 25.3 Å². The molecule has 1 aromatic carbocycles. The molecule has 0 spiro atoms. The first kappa shape index (κ1) is 19.1. The molecule has 0 saturated heterocycles. The molecule has 0 radical (unpaired) electrons. The van der Waals surface area contributed by atoms with Crippen molar-refractivity contribution in [1.29, 1.82) is 5.26 Å². The number of carbonyl (C=O) groups is 1. The number of aryl methyl sites for hydroxylation is 3. The fraction of sp³-hybridized carbons (Fsp3) is 0.381. The number of rotatable bonds is 6. The van der Waals surface area contributed by atoms with Crippen molar-refractivity contribution < 1.29 is 4.79 Å². The normalized spacial score (nSPS) is 14.8. The monoisotopic (exact) mass is 380 g/mol. The largest absolute Gasteiger partial charge is 0.345 e. The highest BCUT2D eigenvalue weighted by atomic mass is 32.1. The average Bonchev–Trinajstić information content (AvgIpc) is 3.11.